The van der Waals surface area contributed by atoms with Gasteiger partial charge in [0.2, 0.25) is 0 Å². The Bertz CT molecular complexity index is 425. The van der Waals surface area contributed by atoms with E-state index in [0.29, 0.717) is 38.7 Å². The maximum Gasteiger partial charge on any atom is 0.273 e. The molecule has 0 saturated carbocycles. The standard InChI is InChI=1S/C13H20N2O5/c1-18-5-6-20-4-3-14-10-11-7-12(15(16)17)9-13(8-11)19-2/h7-9,14H,3-6,10H2,1-2H3. The molecule has 0 heterocycles. The Hall–Kier alpha value is -1.70. The first-order valence-corrected chi connectivity index (χ1v) is 6.27. The molecule has 1 N–H and O–H groups in total. The van der Waals surface area contributed by atoms with E-state index in [1.54, 1.807) is 13.2 Å². The van der Waals surface area contributed by atoms with Gasteiger partial charge in [-0.25, -0.2) is 0 Å². The first kappa shape index (κ1) is 16.4. The third-order valence-corrected chi connectivity index (χ3v) is 2.58. The lowest BCUT2D eigenvalue weighted by Gasteiger charge is -2.07. The van der Waals surface area contributed by atoms with Gasteiger partial charge in [-0.1, -0.05) is 0 Å². The van der Waals surface area contributed by atoms with Crippen LogP contribution in [0.3, 0.4) is 0 Å². The van der Waals surface area contributed by atoms with Gasteiger partial charge < -0.3 is 19.5 Å². The fraction of sp³-hybridized carbons (Fsp3) is 0.538. The molecule has 0 aliphatic carbocycles. The number of ether oxygens (including phenoxy) is 3. The SMILES string of the molecule is COCCOCCNCc1cc(OC)cc([N+](=O)[O-])c1. The van der Waals surface area contributed by atoms with Gasteiger partial charge in [0.05, 0.1) is 37.9 Å². The predicted octanol–water partition coefficient (Wildman–Crippen LogP) is 1.36. The Kier molecular flexibility index (Phi) is 7.56. The molecule has 0 unspecified atom stereocenters. The van der Waals surface area contributed by atoms with Crippen molar-refractivity contribution in [2.75, 3.05) is 40.6 Å². The summed E-state index contributed by atoms with van der Waals surface area (Å²) in [4.78, 5) is 10.4. The summed E-state index contributed by atoms with van der Waals surface area (Å²) in [5.41, 5.74) is 0.824. The number of hydrogen-bond acceptors (Lipinski definition) is 6. The summed E-state index contributed by atoms with van der Waals surface area (Å²) in [6, 6.07) is 4.70. The van der Waals surface area contributed by atoms with E-state index in [2.05, 4.69) is 5.32 Å². The molecule has 7 nitrogen and oxygen atoms in total. The lowest BCUT2D eigenvalue weighted by molar-refractivity contribution is -0.385. The van der Waals surface area contributed by atoms with Crippen molar-refractivity contribution >= 4 is 5.69 Å². The van der Waals surface area contributed by atoms with E-state index >= 15 is 0 Å². The van der Waals surface area contributed by atoms with Crippen molar-refractivity contribution < 1.29 is 19.1 Å². The molecule has 0 aromatic heterocycles. The minimum atomic E-state index is -0.431. The molecule has 0 atom stereocenters. The van der Waals surface area contributed by atoms with Crippen LogP contribution in [-0.4, -0.2) is 45.5 Å². The molecule has 112 valence electrons. The zero-order valence-corrected chi connectivity index (χ0v) is 11.8. The van der Waals surface area contributed by atoms with Gasteiger partial charge in [-0.15, -0.1) is 0 Å². The second-order valence-electron chi connectivity index (χ2n) is 4.08. The first-order chi connectivity index (χ1) is 9.67. The van der Waals surface area contributed by atoms with Crippen molar-refractivity contribution in [1.29, 1.82) is 0 Å². The molecule has 20 heavy (non-hydrogen) atoms. The van der Waals surface area contributed by atoms with Gasteiger partial charge >= 0.3 is 0 Å². The van der Waals surface area contributed by atoms with Crippen molar-refractivity contribution in [2.24, 2.45) is 0 Å². The molecule has 0 saturated heterocycles. The van der Waals surface area contributed by atoms with Crippen molar-refractivity contribution in [3.63, 3.8) is 0 Å². The molecule has 0 aliphatic rings. The van der Waals surface area contributed by atoms with Gasteiger partial charge in [0.15, 0.2) is 0 Å². The fourth-order valence-electron chi connectivity index (χ4n) is 1.59. The lowest BCUT2D eigenvalue weighted by atomic mass is 10.2. The molecule has 0 spiro atoms. The van der Waals surface area contributed by atoms with E-state index < -0.39 is 4.92 Å². The van der Waals surface area contributed by atoms with Gasteiger partial charge in [-0.3, -0.25) is 10.1 Å². The van der Waals surface area contributed by atoms with E-state index in [-0.39, 0.29) is 5.69 Å². The Morgan fingerprint density at radius 2 is 2.00 bits per heavy atom. The van der Waals surface area contributed by atoms with Crippen LogP contribution in [0.4, 0.5) is 5.69 Å². The highest BCUT2D eigenvalue weighted by atomic mass is 16.6. The van der Waals surface area contributed by atoms with Crippen LogP contribution in [0.1, 0.15) is 5.56 Å². The molecule has 1 aromatic carbocycles. The van der Waals surface area contributed by atoms with Gasteiger partial charge in [0.1, 0.15) is 5.75 Å². The van der Waals surface area contributed by atoms with Crippen LogP contribution >= 0.6 is 0 Å². The maximum absolute atomic E-state index is 10.8. The average Bonchev–Trinajstić information content (AvgIpc) is 2.46. The van der Waals surface area contributed by atoms with E-state index in [1.165, 1.54) is 19.2 Å². The molecule has 7 heteroatoms. The molecule has 0 fully saturated rings. The third-order valence-electron chi connectivity index (χ3n) is 2.58. The Balaban J connectivity index is 2.39. The zero-order valence-electron chi connectivity index (χ0n) is 11.8. The third kappa shape index (κ3) is 5.96. The highest BCUT2D eigenvalue weighted by molar-refractivity contribution is 5.42. The Labute approximate surface area is 118 Å². The first-order valence-electron chi connectivity index (χ1n) is 6.27. The van der Waals surface area contributed by atoms with E-state index in [1.807, 2.05) is 0 Å². The van der Waals surface area contributed by atoms with Crippen LogP contribution in [0.25, 0.3) is 0 Å². The highest BCUT2D eigenvalue weighted by Gasteiger charge is 2.09. The largest absolute Gasteiger partial charge is 0.496 e. The number of methoxy groups -OCH3 is 2. The molecule has 0 bridgehead atoms. The summed E-state index contributed by atoms with van der Waals surface area (Å²) < 4.78 is 15.2. The number of nitro benzene ring substituents is 1. The van der Waals surface area contributed by atoms with Gasteiger partial charge in [0.25, 0.3) is 5.69 Å². The van der Waals surface area contributed by atoms with Gasteiger partial charge in [0, 0.05) is 26.3 Å². The van der Waals surface area contributed by atoms with Crippen molar-refractivity contribution in [3.8, 4) is 5.75 Å². The number of hydrogen-bond donors (Lipinski definition) is 1. The van der Waals surface area contributed by atoms with Crippen molar-refractivity contribution in [3.05, 3.63) is 33.9 Å². The Morgan fingerprint density at radius 1 is 1.20 bits per heavy atom. The smallest absolute Gasteiger partial charge is 0.273 e. The number of benzene rings is 1. The minimum absolute atomic E-state index is 0.0255. The molecule has 1 aromatic rings. The number of nitrogens with zero attached hydrogens (tertiary/aromatic N) is 1. The topological polar surface area (TPSA) is 82.9 Å². The van der Waals surface area contributed by atoms with E-state index in [9.17, 15) is 10.1 Å². The second-order valence-corrected chi connectivity index (χ2v) is 4.08. The lowest BCUT2D eigenvalue weighted by Crippen LogP contribution is -2.20. The second kappa shape index (κ2) is 9.24. The van der Waals surface area contributed by atoms with Crippen LogP contribution in [0.5, 0.6) is 5.75 Å². The summed E-state index contributed by atoms with van der Waals surface area (Å²) in [5, 5.41) is 13.9. The van der Waals surface area contributed by atoms with Crippen molar-refractivity contribution in [2.45, 2.75) is 6.54 Å². The van der Waals surface area contributed by atoms with Crippen LogP contribution in [0.15, 0.2) is 18.2 Å². The molecule has 1 rings (SSSR count). The van der Waals surface area contributed by atoms with Crippen LogP contribution in [0, 0.1) is 10.1 Å². The Morgan fingerprint density at radius 3 is 2.65 bits per heavy atom. The average molecular weight is 284 g/mol. The monoisotopic (exact) mass is 284 g/mol. The zero-order chi connectivity index (χ0) is 14.8. The van der Waals surface area contributed by atoms with Crippen LogP contribution in [-0.2, 0) is 16.0 Å². The predicted molar refractivity (Wildman–Crippen MR) is 74.1 cm³/mol. The summed E-state index contributed by atoms with van der Waals surface area (Å²) in [7, 11) is 3.11. The van der Waals surface area contributed by atoms with Gasteiger partial charge in [-0.2, -0.15) is 0 Å². The van der Waals surface area contributed by atoms with Gasteiger partial charge in [-0.05, 0) is 11.6 Å². The van der Waals surface area contributed by atoms with E-state index in [0.717, 1.165) is 5.56 Å². The number of rotatable bonds is 10. The van der Waals surface area contributed by atoms with Crippen LogP contribution in [0.2, 0.25) is 0 Å². The van der Waals surface area contributed by atoms with E-state index in [4.69, 9.17) is 14.2 Å². The molecule has 0 amide bonds. The summed E-state index contributed by atoms with van der Waals surface area (Å²) in [6.07, 6.45) is 0. The highest BCUT2D eigenvalue weighted by Crippen LogP contribution is 2.22. The fourth-order valence-corrected chi connectivity index (χ4v) is 1.59. The number of nitrogens with one attached hydrogen (secondary N) is 1. The summed E-state index contributed by atoms with van der Waals surface area (Å²) in [6.45, 7) is 2.88. The summed E-state index contributed by atoms with van der Waals surface area (Å²) in [5.74, 6) is 0.479. The molecule has 0 radical (unpaired) electrons. The molecule has 0 aliphatic heterocycles. The minimum Gasteiger partial charge on any atom is -0.496 e. The molecular formula is C13H20N2O5. The number of non-ortho nitro benzene ring substituents is 1. The maximum atomic E-state index is 10.8. The number of nitro groups is 1. The summed E-state index contributed by atoms with van der Waals surface area (Å²) >= 11 is 0. The van der Waals surface area contributed by atoms with Crippen molar-refractivity contribution in [1.82, 2.24) is 5.32 Å². The van der Waals surface area contributed by atoms with Crippen LogP contribution < -0.4 is 10.1 Å². The molecular weight excluding hydrogens is 264 g/mol. The normalized spacial score (nSPS) is 10.5. The quantitative estimate of drug-likeness (QED) is 0.397.